The second-order valence-electron chi connectivity index (χ2n) is 32.1. The third-order valence-corrected chi connectivity index (χ3v) is 22.0. The first-order valence-electron chi connectivity index (χ1n) is 35.0. The van der Waals surface area contributed by atoms with E-state index in [-0.39, 0.29) is 21.7 Å². The van der Waals surface area contributed by atoms with Gasteiger partial charge in [0, 0.05) is 0 Å². The van der Waals surface area contributed by atoms with Gasteiger partial charge in [-0.15, -0.1) is 0 Å². The van der Waals surface area contributed by atoms with E-state index >= 15 is 0 Å². The highest BCUT2D eigenvalue weighted by Gasteiger charge is 2.55. The minimum atomic E-state index is -0.786. The summed E-state index contributed by atoms with van der Waals surface area (Å²) in [5.41, 5.74) is 38.1. The van der Waals surface area contributed by atoms with E-state index in [4.69, 9.17) is 0 Å². The zero-order valence-corrected chi connectivity index (χ0v) is 58.6. The fraction of sp³-hybridized carbons (Fsp3) is 0.196. The molecule has 0 amide bonds. The van der Waals surface area contributed by atoms with Crippen LogP contribution in [0.2, 0.25) is 0 Å². The monoisotopic (exact) mass is 1250 g/mol. The van der Waals surface area contributed by atoms with Crippen LogP contribution in [0.4, 0.5) is 0 Å². The number of benzene rings is 13. The Balaban J connectivity index is 0.963. The largest absolute Gasteiger partial charge is 0.0725 e. The number of fused-ring (bicyclic) bond motifs is 14. The Morgan fingerprint density at radius 2 is 0.485 bits per heavy atom. The van der Waals surface area contributed by atoms with E-state index in [0.29, 0.717) is 0 Å². The molecule has 0 aromatic heterocycles. The molecule has 1 spiro atoms. The molecule has 0 nitrogen and oxygen atoms in total. The van der Waals surface area contributed by atoms with Crippen LogP contribution in [0.5, 0.6) is 0 Å². The van der Waals surface area contributed by atoms with Crippen LogP contribution in [0.25, 0.3) is 100 Å². The Morgan fingerprint density at radius 3 is 0.845 bits per heavy atom. The van der Waals surface area contributed by atoms with Crippen molar-refractivity contribution in [3.63, 3.8) is 0 Å². The van der Waals surface area contributed by atoms with Gasteiger partial charge in [0.05, 0.1) is 10.8 Å². The van der Waals surface area contributed by atoms with Crippen molar-refractivity contribution in [1.29, 1.82) is 0 Å². The zero-order valence-electron chi connectivity index (χ0n) is 58.6. The molecule has 0 saturated heterocycles. The quantitative estimate of drug-likeness (QED) is 0.142. The fourth-order valence-corrected chi connectivity index (χ4v) is 16.8. The van der Waals surface area contributed by atoms with Crippen molar-refractivity contribution in [3.05, 3.63) is 357 Å². The van der Waals surface area contributed by atoms with Crippen molar-refractivity contribution in [1.82, 2.24) is 0 Å². The van der Waals surface area contributed by atoms with Gasteiger partial charge in [-0.1, -0.05) is 320 Å². The summed E-state index contributed by atoms with van der Waals surface area (Å²) in [6.07, 6.45) is 0. The van der Waals surface area contributed by atoms with E-state index in [2.05, 4.69) is 375 Å². The Bertz CT molecular complexity index is 4860. The van der Waals surface area contributed by atoms with Gasteiger partial charge in [0.25, 0.3) is 0 Å². The van der Waals surface area contributed by atoms with Crippen LogP contribution in [-0.4, -0.2) is 0 Å². The summed E-state index contributed by atoms with van der Waals surface area (Å²) in [6.45, 7) is 29.9. The molecular formula is C97H86. The van der Waals surface area contributed by atoms with Crippen LogP contribution in [0.3, 0.4) is 0 Å². The van der Waals surface area contributed by atoms with Crippen LogP contribution in [0, 0.1) is 6.92 Å². The van der Waals surface area contributed by atoms with Crippen LogP contribution in [0.15, 0.2) is 285 Å². The molecule has 0 aliphatic heterocycles. The van der Waals surface area contributed by atoms with Crippen molar-refractivity contribution in [2.45, 2.75) is 122 Å². The van der Waals surface area contributed by atoms with Crippen molar-refractivity contribution >= 4 is 0 Å². The predicted molar refractivity (Wildman–Crippen MR) is 412 cm³/mol. The molecule has 3 aliphatic carbocycles. The zero-order chi connectivity index (χ0) is 67.1. The lowest BCUT2D eigenvalue weighted by atomic mass is 9.66. The lowest BCUT2D eigenvalue weighted by Gasteiger charge is -2.35. The Labute approximate surface area is 576 Å². The Hall–Kier alpha value is -10.1. The molecule has 0 bridgehead atoms. The highest BCUT2D eigenvalue weighted by molar-refractivity contribution is 6.05. The first-order valence-corrected chi connectivity index (χ1v) is 35.0. The first kappa shape index (κ1) is 61.7. The molecule has 13 aromatic rings. The molecule has 0 atom stereocenters. The van der Waals surface area contributed by atoms with Gasteiger partial charge in [-0.25, -0.2) is 0 Å². The third-order valence-electron chi connectivity index (χ3n) is 22.0. The van der Waals surface area contributed by atoms with Crippen molar-refractivity contribution in [2.24, 2.45) is 0 Å². The average Bonchev–Trinajstić information content (AvgIpc) is 1.49. The van der Waals surface area contributed by atoms with E-state index < -0.39 is 10.8 Å². The number of hydrogen-bond donors (Lipinski definition) is 0. The van der Waals surface area contributed by atoms with Gasteiger partial charge >= 0.3 is 0 Å². The second-order valence-corrected chi connectivity index (χ2v) is 32.1. The summed E-state index contributed by atoms with van der Waals surface area (Å²) in [7, 11) is 0. The number of hydrogen-bond acceptors (Lipinski definition) is 0. The van der Waals surface area contributed by atoms with Crippen LogP contribution < -0.4 is 0 Å². The molecule has 16 rings (SSSR count). The highest BCUT2D eigenvalue weighted by Crippen LogP contribution is 2.68. The second kappa shape index (κ2) is 22.5. The van der Waals surface area contributed by atoms with E-state index in [0.717, 1.165) is 0 Å². The lowest BCUT2D eigenvalue weighted by molar-refractivity contribution is 0.590. The number of aryl methyl sites for hydroxylation is 1. The summed E-state index contributed by atoms with van der Waals surface area (Å²) >= 11 is 0. The molecule has 0 saturated carbocycles. The molecule has 0 fully saturated rings. The summed E-state index contributed by atoms with van der Waals surface area (Å²) in [5, 5.41) is 0. The van der Waals surface area contributed by atoms with Gasteiger partial charge in [-0.2, -0.15) is 0 Å². The molecular weight excluding hydrogens is 1170 g/mol. The molecule has 0 heteroatoms. The SMILES string of the molecule is Cc1cccc2c1-c1c(ccc3c1-c1ccccc1C31c3ccccc3-c3ccccc31)C2(c1cccc(-c2cc(-c3ccc(C(C)(C)C)cc3)cc(-c3ccc(C(C)(C)C)cc3)c2)c1)c1cccc(-c2cc(-c3ccc(C(C)(C)C)cc3)cc(-c3ccc(C(C)(C)C)cc3)c2)c1. The predicted octanol–water partition coefficient (Wildman–Crippen LogP) is 25.9. The van der Waals surface area contributed by atoms with Gasteiger partial charge in [0.15, 0.2) is 0 Å². The molecule has 0 unspecified atom stereocenters. The van der Waals surface area contributed by atoms with E-state index in [1.54, 1.807) is 0 Å². The minimum absolute atomic E-state index is 0.0370. The minimum Gasteiger partial charge on any atom is -0.0619 e. The fourth-order valence-electron chi connectivity index (χ4n) is 16.8. The molecule has 97 heavy (non-hydrogen) atoms. The average molecular weight is 1250 g/mol. The Morgan fingerprint density at radius 1 is 0.196 bits per heavy atom. The highest BCUT2D eigenvalue weighted by atomic mass is 14.6. The lowest BCUT2D eigenvalue weighted by Crippen LogP contribution is -2.29. The van der Waals surface area contributed by atoms with Crippen LogP contribution in [-0.2, 0) is 32.5 Å². The van der Waals surface area contributed by atoms with Crippen LogP contribution >= 0.6 is 0 Å². The van der Waals surface area contributed by atoms with Crippen molar-refractivity contribution in [2.75, 3.05) is 0 Å². The summed E-state index contributed by atoms with van der Waals surface area (Å²) in [4.78, 5) is 0. The molecule has 474 valence electrons. The van der Waals surface area contributed by atoms with Crippen LogP contribution in [0.1, 0.15) is 155 Å². The summed E-state index contributed by atoms with van der Waals surface area (Å²) in [6, 6.07) is 111. The molecule has 0 heterocycles. The van der Waals surface area contributed by atoms with E-state index in [1.807, 2.05) is 0 Å². The number of rotatable bonds is 8. The van der Waals surface area contributed by atoms with Gasteiger partial charge in [-0.3, -0.25) is 0 Å². The third kappa shape index (κ3) is 9.99. The maximum Gasteiger partial charge on any atom is 0.0725 e. The summed E-state index contributed by atoms with van der Waals surface area (Å²) < 4.78 is 0. The van der Waals surface area contributed by atoms with E-state index in [9.17, 15) is 0 Å². The normalized spacial score (nSPS) is 14.0. The maximum absolute atomic E-state index is 2.56. The molecule has 0 radical (unpaired) electrons. The topological polar surface area (TPSA) is 0 Å². The van der Waals surface area contributed by atoms with Gasteiger partial charge in [0.2, 0.25) is 0 Å². The standard InChI is InChI=1S/C97H86/c1-61-23-20-34-86-89(61)91-88(52-51-87-90(91)82-30-16-19-33-85(82)97(87)83-31-17-14-28-80(83)81-29-15-18-32-84(81)97)96(86,78-26-21-24-66(59-78)72-55-68(62-35-43-74(44-36-62)92(2,3)4)53-69(56-72)63-37-45-75(46-38-63)93(5,6)7)79-27-22-25-67(60-79)73-57-70(64-39-47-76(48-40-64)94(8,9)10)54-71(58-73)65-41-49-77(50-42-65)95(11,12)13/h14-60H,1-13H3. The summed E-state index contributed by atoms with van der Waals surface area (Å²) in [5.74, 6) is 0. The van der Waals surface area contributed by atoms with Crippen molar-refractivity contribution in [3.8, 4) is 100 Å². The molecule has 0 N–H and O–H groups in total. The van der Waals surface area contributed by atoms with E-state index in [1.165, 1.54) is 172 Å². The van der Waals surface area contributed by atoms with Gasteiger partial charge in [0.1, 0.15) is 0 Å². The van der Waals surface area contributed by atoms with Gasteiger partial charge in [-0.05, 0) is 250 Å². The first-order chi connectivity index (χ1) is 46.5. The smallest absolute Gasteiger partial charge is 0.0619 e. The maximum atomic E-state index is 2.56. The Kier molecular flexibility index (Phi) is 14.3. The van der Waals surface area contributed by atoms with Gasteiger partial charge < -0.3 is 0 Å². The molecule has 13 aromatic carbocycles. The van der Waals surface area contributed by atoms with Crippen molar-refractivity contribution < 1.29 is 0 Å². The molecule has 3 aliphatic rings.